The van der Waals surface area contributed by atoms with E-state index >= 15 is 0 Å². The summed E-state index contributed by atoms with van der Waals surface area (Å²) in [6.45, 7) is 0. The maximum atomic E-state index is 12.2. The number of fused-ring (bicyclic) bond motifs is 1. The van der Waals surface area contributed by atoms with Crippen molar-refractivity contribution in [3.63, 3.8) is 0 Å². The van der Waals surface area contributed by atoms with Crippen LogP contribution >= 0.6 is 35.0 Å². The number of thioether (sulfide) groups is 1. The van der Waals surface area contributed by atoms with Crippen molar-refractivity contribution in [2.24, 2.45) is 4.99 Å². The summed E-state index contributed by atoms with van der Waals surface area (Å²) in [6.07, 6.45) is 0. The third-order valence-electron chi connectivity index (χ3n) is 4.85. The van der Waals surface area contributed by atoms with E-state index in [1.165, 1.54) is 11.8 Å². The fraction of sp³-hybridized carbons (Fsp3) is 0.316. The molecule has 0 spiro atoms. The lowest BCUT2D eigenvalue weighted by atomic mass is 10.1. The lowest BCUT2D eigenvalue weighted by Gasteiger charge is -2.27. The molecule has 2 aromatic rings. The van der Waals surface area contributed by atoms with Gasteiger partial charge >= 0.3 is 0 Å². The van der Waals surface area contributed by atoms with Crippen molar-refractivity contribution in [3.05, 3.63) is 58.1 Å². The maximum Gasteiger partial charge on any atom is 0.164 e. The highest BCUT2D eigenvalue weighted by atomic mass is 35.5. The van der Waals surface area contributed by atoms with Gasteiger partial charge in [0.2, 0.25) is 0 Å². The van der Waals surface area contributed by atoms with Crippen LogP contribution in [0.5, 0.6) is 5.75 Å². The summed E-state index contributed by atoms with van der Waals surface area (Å²) in [7, 11) is -1.49. The van der Waals surface area contributed by atoms with E-state index in [-0.39, 0.29) is 23.6 Å². The number of amidine groups is 1. The summed E-state index contributed by atoms with van der Waals surface area (Å²) in [5.41, 5.74) is 1.70. The van der Waals surface area contributed by atoms with Crippen LogP contribution in [0.2, 0.25) is 10.0 Å². The molecule has 1 fully saturated rings. The van der Waals surface area contributed by atoms with Gasteiger partial charge in [-0.25, -0.2) is 8.42 Å². The van der Waals surface area contributed by atoms with Crippen LogP contribution in [0.25, 0.3) is 0 Å². The zero-order chi connectivity index (χ0) is 19.9. The molecule has 2 heterocycles. The second-order valence-corrected chi connectivity index (χ2v) is 10.6. The Morgan fingerprint density at radius 1 is 1.18 bits per heavy atom. The Hall–Kier alpha value is -1.41. The van der Waals surface area contributed by atoms with E-state index in [1.54, 1.807) is 19.2 Å². The number of hydrogen-bond donors (Lipinski definition) is 0. The highest BCUT2D eigenvalue weighted by Crippen LogP contribution is 2.38. The van der Waals surface area contributed by atoms with Gasteiger partial charge in [-0.2, -0.15) is 0 Å². The summed E-state index contributed by atoms with van der Waals surface area (Å²) in [5.74, 6) is 1.43. The Morgan fingerprint density at radius 2 is 1.89 bits per heavy atom. The van der Waals surface area contributed by atoms with Gasteiger partial charge in [-0.1, -0.05) is 47.1 Å². The lowest BCUT2D eigenvalue weighted by molar-refractivity contribution is 0.415. The largest absolute Gasteiger partial charge is 0.497 e. The minimum atomic E-state index is -3.10. The molecule has 2 aliphatic rings. The van der Waals surface area contributed by atoms with E-state index in [2.05, 4.69) is 0 Å². The Balaban J connectivity index is 1.65. The number of nitrogens with zero attached hydrogens (tertiary/aromatic N) is 2. The van der Waals surface area contributed by atoms with Gasteiger partial charge in [0.1, 0.15) is 5.75 Å². The number of benzene rings is 2. The van der Waals surface area contributed by atoms with Gasteiger partial charge in [-0.05, 0) is 29.8 Å². The number of hydrogen-bond acceptors (Lipinski definition) is 6. The number of ether oxygens (including phenoxy) is 1. The first-order valence-electron chi connectivity index (χ1n) is 8.65. The van der Waals surface area contributed by atoms with Crippen molar-refractivity contribution in [1.29, 1.82) is 0 Å². The van der Waals surface area contributed by atoms with Crippen molar-refractivity contribution in [2.75, 3.05) is 23.5 Å². The predicted molar refractivity (Wildman–Crippen MR) is 117 cm³/mol. The van der Waals surface area contributed by atoms with Crippen molar-refractivity contribution >= 4 is 55.7 Å². The summed E-state index contributed by atoms with van der Waals surface area (Å²) in [5, 5.41) is 1.98. The maximum absolute atomic E-state index is 12.2. The van der Waals surface area contributed by atoms with Crippen molar-refractivity contribution in [1.82, 2.24) is 0 Å². The molecule has 0 aromatic heterocycles. The standard InChI is InChI=1S/C19H18Cl2N2O3S2/c1-26-13-5-2-4-12(8-13)23-18-11-28(24,25)10-17(18)22-19(23)27-9-14-15(20)6-3-7-16(14)21/h2-8,17-18H,9-11H2,1H3. The quantitative estimate of drug-likeness (QED) is 0.686. The molecule has 0 radical (unpaired) electrons. The number of sulfone groups is 1. The number of aliphatic imine (C=N–C) groups is 1. The molecular weight excluding hydrogens is 439 g/mol. The minimum absolute atomic E-state index is 0.0784. The highest BCUT2D eigenvalue weighted by molar-refractivity contribution is 8.13. The molecule has 2 atom stereocenters. The summed E-state index contributed by atoms with van der Waals surface area (Å²) >= 11 is 14.1. The third kappa shape index (κ3) is 3.85. The molecular formula is C19H18Cl2N2O3S2. The first-order valence-corrected chi connectivity index (χ1v) is 12.2. The van der Waals surface area contributed by atoms with Gasteiger partial charge in [-0.3, -0.25) is 4.99 Å². The lowest BCUT2D eigenvalue weighted by Crippen LogP contribution is -2.39. The fourth-order valence-electron chi connectivity index (χ4n) is 3.50. The van der Waals surface area contributed by atoms with E-state index in [0.717, 1.165) is 16.4 Å². The Kier molecular flexibility index (Phi) is 5.53. The molecule has 0 aliphatic carbocycles. The molecule has 0 bridgehead atoms. The topological polar surface area (TPSA) is 59.0 Å². The van der Waals surface area contributed by atoms with E-state index in [9.17, 15) is 8.42 Å². The van der Waals surface area contributed by atoms with E-state index in [1.807, 2.05) is 35.2 Å². The van der Waals surface area contributed by atoms with Gasteiger partial charge in [0.05, 0.1) is 30.7 Å². The fourth-order valence-corrected chi connectivity index (χ4v) is 7.21. The summed E-state index contributed by atoms with van der Waals surface area (Å²) in [6, 6.07) is 12.5. The molecule has 9 heteroatoms. The number of methoxy groups -OCH3 is 1. The summed E-state index contributed by atoms with van der Waals surface area (Å²) in [4.78, 5) is 6.74. The van der Waals surface area contributed by atoms with Crippen LogP contribution in [-0.2, 0) is 15.6 Å². The van der Waals surface area contributed by atoms with Crippen molar-refractivity contribution in [2.45, 2.75) is 17.8 Å². The van der Waals surface area contributed by atoms with E-state index in [4.69, 9.17) is 32.9 Å². The van der Waals surface area contributed by atoms with Gasteiger partial charge in [-0.15, -0.1) is 0 Å². The van der Waals surface area contributed by atoms with E-state index in [0.29, 0.717) is 21.5 Å². The molecule has 0 amide bonds. The zero-order valence-corrected chi connectivity index (χ0v) is 18.2. The van der Waals surface area contributed by atoms with Gasteiger partial charge in [0.15, 0.2) is 15.0 Å². The van der Waals surface area contributed by atoms with E-state index < -0.39 is 9.84 Å². The average molecular weight is 457 g/mol. The van der Waals surface area contributed by atoms with Gasteiger partial charge < -0.3 is 9.64 Å². The number of rotatable bonds is 4. The van der Waals surface area contributed by atoms with Crippen LogP contribution in [0.15, 0.2) is 47.5 Å². The average Bonchev–Trinajstić information content (AvgIpc) is 3.12. The second kappa shape index (κ2) is 7.78. The number of halogens is 2. The van der Waals surface area contributed by atoms with Gasteiger partial charge in [0, 0.05) is 27.6 Å². The predicted octanol–water partition coefficient (Wildman–Crippen LogP) is 4.28. The Labute approximate surface area is 178 Å². The number of anilines is 1. The second-order valence-electron chi connectivity index (χ2n) is 6.68. The molecule has 2 aliphatic heterocycles. The van der Waals surface area contributed by atoms with Crippen LogP contribution in [-0.4, -0.2) is 44.3 Å². The first kappa shape index (κ1) is 19.9. The first-order chi connectivity index (χ1) is 13.4. The highest BCUT2D eigenvalue weighted by Gasteiger charge is 2.47. The third-order valence-corrected chi connectivity index (χ3v) is 8.25. The SMILES string of the molecule is COc1cccc(N2C(SCc3c(Cl)cccc3Cl)=NC3CS(=O)(=O)CC32)c1. The molecule has 5 nitrogen and oxygen atoms in total. The minimum Gasteiger partial charge on any atom is -0.497 e. The van der Waals surface area contributed by atoms with Crippen molar-refractivity contribution < 1.29 is 13.2 Å². The Morgan fingerprint density at radius 3 is 2.61 bits per heavy atom. The monoisotopic (exact) mass is 456 g/mol. The van der Waals surface area contributed by atoms with Crippen LogP contribution in [0, 0.1) is 0 Å². The molecule has 28 heavy (non-hydrogen) atoms. The van der Waals surface area contributed by atoms with Crippen LogP contribution in [0.1, 0.15) is 5.56 Å². The Bertz CT molecular complexity index is 1020. The van der Waals surface area contributed by atoms with Crippen LogP contribution < -0.4 is 9.64 Å². The molecule has 0 saturated carbocycles. The molecule has 0 N–H and O–H groups in total. The van der Waals surface area contributed by atoms with Crippen molar-refractivity contribution in [3.8, 4) is 5.75 Å². The molecule has 2 unspecified atom stereocenters. The van der Waals surface area contributed by atoms with Gasteiger partial charge in [0.25, 0.3) is 0 Å². The molecule has 2 aromatic carbocycles. The summed E-state index contributed by atoms with van der Waals surface area (Å²) < 4.78 is 29.7. The normalized spacial score (nSPS) is 22.8. The molecule has 4 rings (SSSR count). The zero-order valence-electron chi connectivity index (χ0n) is 15.0. The van der Waals surface area contributed by atoms with Crippen LogP contribution in [0.3, 0.4) is 0 Å². The molecule has 1 saturated heterocycles. The van der Waals surface area contributed by atoms with Crippen LogP contribution in [0.4, 0.5) is 5.69 Å². The smallest absolute Gasteiger partial charge is 0.164 e. The molecule has 148 valence electrons.